The van der Waals surface area contributed by atoms with Crippen molar-refractivity contribution in [1.29, 1.82) is 0 Å². The highest BCUT2D eigenvalue weighted by atomic mass is 32.2. The van der Waals surface area contributed by atoms with E-state index in [1.807, 2.05) is 24.3 Å². The van der Waals surface area contributed by atoms with Crippen LogP contribution in [0.3, 0.4) is 0 Å². The normalized spacial score (nSPS) is 11.2. The molecular weight excluding hydrogens is 449 g/mol. The molecule has 1 aromatic heterocycles. The third kappa shape index (κ3) is 4.96. The Hall–Kier alpha value is -3.92. The Bertz CT molecular complexity index is 1330. The van der Waals surface area contributed by atoms with Gasteiger partial charge in [-0.2, -0.15) is 8.42 Å². The van der Waals surface area contributed by atoms with Crippen molar-refractivity contribution in [3.63, 3.8) is 0 Å². The lowest BCUT2D eigenvalue weighted by molar-refractivity contribution is 0.301. The molecule has 4 aromatic rings. The molecule has 0 unspecified atom stereocenters. The minimum absolute atomic E-state index is 0.0191. The van der Waals surface area contributed by atoms with Crippen molar-refractivity contribution in [2.24, 2.45) is 0 Å². The maximum absolute atomic E-state index is 13.1. The molecule has 0 radical (unpaired) electrons. The lowest BCUT2D eigenvalue weighted by Gasteiger charge is -2.10. The van der Waals surface area contributed by atoms with Crippen LogP contribution in [0.15, 0.2) is 77.8 Å². The van der Waals surface area contributed by atoms with Crippen LogP contribution in [0.1, 0.15) is 5.69 Å². The Labute approximate surface area is 190 Å². The number of hydrogen-bond donors (Lipinski definition) is 0. The second-order valence-electron chi connectivity index (χ2n) is 6.96. The molecule has 3 aromatic carbocycles. The van der Waals surface area contributed by atoms with Crippen LogP contribution >= 0.6 is 0 Å². The standard InChI is InChI=1S/C23H20FN3O5S/c1-30-21-11-17(12-22(13-21)31-2)16-3-7-20(8-4-16)32-15-19-14-27(26-25-19)33(28,29)23-9-5-18(24)6-10-23/h3-14H,15H2,1-2H3. The third-order valence-electron chi connectivity index (χ3n) is 4.80. The van der Waals surface area contributed by atoms with Crippen LogP contribution in [-0.2, 0) is 16.6 Å². The predicted molar refractivity (Wildman–Crippen MR) is 118 cm³/mol. The number of hydrogen-bond acceptors (Lipinski definition) is 7. The van der Waals surface area contributed by atoms with Crippen LogP contribution < -0.4 is 14.2 Å². The van der Waals surface area contributed by atoms with E-state index in [9.17, 15) is 12.8 Å². The van der Waals surface area contributed by atoms with Gasteiger partial charge in [0, 0.05) is 6.07 Å². The number of nitrogens with zero attached hydrogens (tertiary/aromatic N) is 3. The Morgan fingerprint density at radius 3 is 2.09 bits per heavy atom. The van der Waals surface area contributed by atoms with Crippen LogP contribution in [0.25, 0.3) is 11.1 Å². The van der Waals surface area contributed by atoms with Gasteiger partial charge in [0.1, 0.15) is 35.4 Å². The van der Waals surface area contributed by atoms with Crippen LogP contribution in [0.5, 0.6) is 17.2 Å². The summed E-state index contributed by atoms with van der Waals surface area (Å²) < 4.78 is 55.3. The Morgan fingerprint density at radius 1 is 0.848 bits per heavy atom. The van der Waals surface area contributed by atoms with Gasteiger partial charge in [-0.05, 0) is 59.7 Å². The van der Waals surface area contributed by atoms with Crippen molar-refractivity contribution in [2.45, 2.75) is 11.5 Å². The zero-order chi connectivity index (χ0) is 23.4. The molecular formula is C23H20FN3O5S. The summed E-state index contributed by atoms with van der Waals surface area (Å²) in [6.45, 7) is 0.0191. The van der Waals surface area contributed by atoms with Crippen LogP contribution in [0.2, 0.25) is 0 Å². The van der Waals surface area contributed by atoms with Crippen LogP contribution in [-0.4, -0.2) is 37.0 Å². The molecule has 0 N–H and O–H groups in total. The summed E-state index contributed by atoms with van der Waals surface area (Å²) in [6, 6.07) is 17.4. The maximum Gasteiger partial charge on any atom is 0.284 e. The van der Waals surface area contributed by atoms with Gasteiger partial charge in [-0.1, -0.05) is 17.3 Å². The lowest BCUT2D eigenvalue weighted by Crippen LogP contribution is -2.13. The molecule has 1 heterocycles. The maximum atomic E-state index is 13.1. The Kier molecular flexibility index (Phi) is 6.27. The highest BCUT2D eigenvalue weighted by Gasteiger charge is 2.19. The molecule has 0 atom stereocenters. The number of ether oxygens (including phenoxy) is 3. The first-order valence-corrected chi connectivity index (χ1v) is 11.2. The van der Waals surface area contributed by atoms with Gasteiger partial charge in [0.15, 0.2) is 0 Å². The summed E-state index contributed by atoms with van der Waals surface area (Å²) in [4.78, 5) is -0.0916. The molecule has 0 aliphatic heterocycles. The predicted octanol–water partition coefficient (Wildman–Crippen LogP) is 3.92. The highest BCUT2D eigenvalue weighted by molar-refractivity contribution is 7.89. The van der Waals surface area contributed by atoms with Crippen LogP contribution in [0.4, 0.5) is 4.39 Å². The number of halogens is 1. The van der Waals surface area contributed by atoms with Gasteiger partial charge < -0.3 is 14.2 Å². The fraction of sp³-hybridized carbons (Fsp3) is 0.130. The van der Waals surface area contributed by atoms with Gasteiger partial charge in [0.05, 0.1) is 25.3 Å². The molecule has 10 heteroatoms. The molecule has 0 spiro atoms. The zero-order valence-corrected chi connectivity index (χ0v) is 18.6. The number of benzene rings is 3. The smallest absolute Gasteiger partial charge is 0.284 e. The van der Waals surface area contributed by atoms with E-state index in [0.717, 1.165) is 27.3 Å². The van der Waals surface area contributed by atoms with Crippen molar-refractivity contribution >= 4 is 10.0 Å². The van der Waals surface area contributed by atoms with Gasteiger partial charge in [-0.25, -0.2) is 4.39 Å². The first-order chi connectivity index (χ1) is 15.9. The molecule has 0 aliphatic carbocycles. The van der Waals surface area contributed by atoms with E-state index in [1.54, 1.807) is 32.4 Å². The molecule has 0 fully saturated rings. The van der Waals surface area contributed by atoms with E-state index in [4.69, 9.17) is 14.2 Å². The van der Waals surface area contributed by atoms with Crippen LogP contribution in [0, 0.1) is 5.82 Å². The van der Waals surface area contributed by atoms with E-state index >= 15 is 0 Å². The van der Waals surface area contributed by atoms with E-state index in [-0.39, 0.29) is 11.5 Å². The van der Waals surface area contributed by atoms with Crippen molar-refractivity contribution < 1.29 is 27.0 Å². The van der Waals surface area contributed by atoms with E-state index in [1.165, 1.54) is 18.3 Å². The molecule has 170 valence electrons. The Balaban J connectivity index is 1.44. The average Bonchev–Trinajstić information content (AvgIpc) is 3.33. The molecule has 4 rings (SSSR count). The molecule has 33 heavy (non-hydrogen) atoms. The molecule has 0 amide bonds. The summed E-state index contributed by atoms with van der Waals surface area (Å²) in [5, 5.41) is 7.52. The van der Waals surface area contributed by atoms with Gasteiger partial charge in [0.2, 0.25) is 0 Å². The number of rotatable bonds is 8. The molecule has 0 aliphatic rings. The average molecular weight is 469 g/mol. The topological polar surface area (TPSA) is 92.5 Å². The molecule has 0 saturated carbocycles. The SMILES string of the molecule is COc1cc(OC)cc(-c2ccc(OCc3cn(S(=O)(=O)c4ccc(F)cc4)nn3)cc2)c1. The van der Waals surface area contributed by atoms with Crippen molar-refractivity contribution in [3.8, 4) is 28.4 Å². The number of aromatic nitrogens is 3. The lowest BCUT2D eigenvalue weighted by atomic mass is 10.0. The summed E-state index contributed by atoms with van der Waals surface area (Å²) in [5.74, 6) is 1.41. The van der Waals surface area contributed by atoms with Gasteiger partial charge in [-0.3, -0.25) is 0 Å². The quantitative estimate of drug-likeness (QED) is 0.386. The minimum Gasteiger partial charge on any atom is -0.497 e. The first-order valence-electron chi connectivity index (χ1n) is 9.78. The highest BCUT2D eigenvalue weighted by Crippen LogP contribution is 2.30. The van der Waals surface area contributed by atoms with Crippen molar-refractivity contribution in [2.75, 3.05) is 14.2 Å². The van der Waals surface area contributed by atoms with E-state index < -0.39 is 15.8 Å². The van der Waals surface area contributed by atoms with Crippen molar-refractivity contribution in [1.82, 2.24) is 14.4 Å². The van der Waals surface area contributed by atoms with Crippen molar-refractivity contribution in [3.05, 3.63) is 84.4 Å². The zero-order valence-electron chi connectivity index (χ0n) is 17.8. The van der Waals surface area contributed by atoms with E-state index in [0.29, 0.717) is 22.9 Å². The fourth-order valence-corrected chi connectivity index (χ4v) is 4.14. The fourth-order valence-electron chi connectivity index (χ4n) is 3.05. The summed E-state index contributed by atoms with van der Waals surface area (Å²) in [6.07, 6.45) is 1.26. The Morgan fingerprint density at radius 2 is 1.48 bits per heavy atom. The summed E-state index contributed by atoms with van der Waals surface area (Å²) >= 11 is 0. The first kappa shape index (κ1) is 22.3. The third-order valence-corrected chi connectivity index (χ3v) is 6.34. The largest absolute Gasteiger partial charge is 0.497 e. The molecule has 0 bridgehead atoms. The van der Waals surface area contributed by atoms with Gasteiger partial charge in [0.25, 0.3) is 10.0 Å². The van der Waals surface area contributed by atoms with Gasteiger partial charge in [-0.15, -0.1) is 9.19 Å². The second kappa shape index (κ2) is 9.29. The summed E-state index contributed by atoms with van der Waals surface area (Å²) in [7, 11) is -0.778. The summed E-state index contributed by atoms with van der Waals surface area (Å²) in [5.41, 5.74) is 2.19. The molecule has 0 saturated heterocycles. The second-order valence-corrected chi connectivity index (χ2v) is 8.75. The molecule has 8 nitrogen and oxygen atoms in total. The monoisotopic (exact) mass is 469 g/mol. The minimum atomic E-state index is -3.97. The number of methoxy groups -OCH3 is 2. The van der Waals surface area contributed by atoms with Gasteiger partial charge >= 0.3 is 0 Å². The van der Waals surface area contributed by atoms with E-state index in [2.05, 4.69) is 10.3 Å².